The van der Waals surface area contributed by atoms with Crippen LogP contribution in [0.3, 0.4) is 0 Å². The SMILES string of the molecule is COC(=O)C(O)CNC(=O)c1cc(I)cc(I)c1I. The van der Waals surface area contributed by atoms with Crippen molar-refractivity contribution in [3.63, 3.8) is 0 Å². The van der Waals surface area contributed by atoms with Gasteiger partial charge in [-0.15, -0.1) is 0 Å². The van der Waals surface area contributed by atoms with Crippen molar-refractivity contribution < 1.29 is 19.4 Å². The molecule has 0 fully saturated rings. The number of hydrogen-bond acceptors (Lipinski definition) is 4. The fraction of sp³-hybridized carbons (Fsp3) is 0.273. The number of methoxy groups -OCH3 is 1. The van der Waals surface area contributed by atoms with Gasteiger partial charge in [-0.25, -0.2) is 4.79 Å². The van der Waals surface area contributed by atoms with Crippen LogP contribution in [0.5, 0.6) is 0 Å². The maximum atomic E-state index is 12.0. The van der Waals surface area contributed by atoms with E-state index in [0.717, 1.165) is 10.7 Å². The third-order valence-corrected chi connectivity index (χ3v) is 5.83. The zero-order chi connectivity index (χ0) is 14.6. The van der Waals surface area contributed by atoms with E-state index < -0.39 is 12.1 Å². The smallest absolute Gasteiger partial charge is 0.336 e. The van der Waals surface area contributed by atoms with Gasteiger partial charge in [0, 0.05) is 10.7 Å². The molecule has 0 aliphatic rings. The summed E-state index contributed by atoms with van der Waals surface area (Å²) in [6, 6.07) is 3.72. The minimum absolute atomic E-state index is 0.177. The Kier molecular flexibility index (Phi) is 7.24. The lowest BCUT2D eigenvalue weighted by atomic mass is 10.2. The Morgan fingerprint density at radius 2 is 2.00 bits per heavy atom. The zero-order valence-corrected chi connectivity index (χ0v) is 16.2. The van der Waals surface area contributed by atoms with Gasteiger partial charge in [-0.2, -0.15) is 0 Å². The number of aliphatic hydroxyl groups excluding tert-OH is 1. The van der Waals surface area contributed by atoms with Crippen LogP contribution in [0.1, 0.15) is 10.4 Å². The number of nitrogens with one attached hydrogen (secondary N) is 1. The molecule has 1 amide bonds. The highest BCUT2D eigenvalue weighted by Gasteiger charge is 2.18. The molecule has 1 aromatic carbocycles. The van der Waals surface area contributed by atoms with Gasteiger partial charge in [0.25, 0.3) is 5.91 Å². The average molecular weight is 601 g/mol. The van der Waals surface area contributed by atoms with Crippen LogP contribution < -0.4 is 5.32 Å². The van der Waals surface area contributed by atoms with Crippen molar-refractivity contribution in [2.75, 3.05) is 13.7 Å². The monoisotopic (exact) mass is 601 g/mol. The molecule has 0 aliphatic carbocycles. The molecule has 19 heavy (non-hydrogen) atoms. The summed E-state index contributed by atoms with van der Waals surface area (Å²) in [6.45, 7) is -0.177. The topological polar surface area (TPSA) is 75.6 Å². The van der Waals surface area contributed by atoms with Crippen LogP contribution in [0.15, 0.2) is 12.1 Å². The van der Waals surface area contributed by atoms with Crippen LogP contribution in [-0.4, -0.2) is 36.7 Å². The summed E-state index contributed by atoms with van der Waals surface area (Å²) in [5, 5.41) is 11.9. The molecule has 1 atom stereocenters. The summed E-state index contributed by atoms with van der Waals surface area (Å²) in [7, 11) is 1.18. The lowest BCUT2D eigenvalue weighted by molar-refractivity contribution is -0.149. The first-order chi connectivity index (χ1) is 8.86. The van der Waals surface area contributed by atoms with Crippen LogP contribution in [0.25, 0.3) is 0 Å². The molecule has 1 unspecified atom stereocenters. The third kappa shape index (κ3) is 4.97. The minimum atomic E-state index is -1.35. The molecule has 1 rings (SSSR count). The van der Waals surface area contributed by atoms with Gasteiger partial charge in [0.15, 0.2) is 6.10 Å². The predicted octanol–water partition coefficient (Wildman–Crippen LogP) is 1.76. The number of halogens is 3. The highest BCUT2D eigenvalue weighted by molar-refractivity contribution is 14.1. The predicted molar refractivity (Wildman–Crippen MR) is 94.9 cm³/mol. The largest absolute Gasteiger partial charge is 0.467 e. The number of hydrogen-bond donors (Lipinski definition) is 2. The molecule has 0 radical (unpaired) electrons. The Morgan fingerprint density at radius 3 is 2.58 bits per heavy atom. The van der Waals surface area contributed by atoms with Crippen LogP contribution in [0, 0.1) is 10.7 Å². The molecule has 5 nitrogen and oxygen atoms in total. The molecule has 0 bridgehead atoms. The molecule has 0 saturated heterocycles. The number of carbonyl (C=O) groups is 2. The van der Waals surface area contributed by atoms with Gasteiger partial charge in [0.2, 0.25) is 0 Å². The van der Waals surface area contributed by atoms with E-state index in [2.05, 4.69) is 77.8 Å². The van der Waals surface area contributed by atoms with Gasteiger partial charge < -0.3 is 15.2 Å². The second kappa shape index (κ2) is 7.93. The van der Waals surface area contributed by atoms with E-state index in [0.29, 0.717) is 5.56 Å². The van der Waals surface area contributed by atoms with E-state index >= 15 is 0 Å². The number of ether oxygens (including phenoxy) is 1. The van der Waals surface area contributed by atoms with E-state index in [-0.39, 0.29) is 12.5 Å². The first kappa shape index (κ1) is 17.4. The lowest BCUT2D eigenvalue weighted by Gasteiger charge is -2.11. The third-order valence-electron chi connectivity index (χ3n) is 2.17. The lowest BCUT2D eigenvalue weighted by Crippen LogP contribution is -2.37. The first-order valence-electron chi connectivity index (χ1n) is 5.05. The van der Waals surface area contributed by atoms with Gasteiger partial charge in [-0.1, -0.05) is 0 Å². The molecular weight excluding hydrogens is 591 g/mol. The molecule has 2 N–H and O–H groups in total. The maximum absolute atomic E-state index is 12.0. The van der Waals surface area contributed by atoms with Crippen molar-refractivity contribution >= 4 is 79.6 Å². The van der Waals surface area contributed by atoms with Crippen LogP contribution in [0.2, 0.25) is 0 Å². The Balaban J connectivity index is 2.77. The van der Waals surface area contributed by atoms with E-state index in [4.69, 9.17) is 0 Å². The average Bonchev–Trinajstić information content (AvgIpc) is 2.38. The number of benzene rings is 1. The van der Waals surface area contributed by atoms with Crippen molar-refractivity contribution in [2.45, 2.75) is 6.10 Å². The highest BCUT2D eigenvalue weighted by Crippen LogP contribution is 2.22. The van der Waals surface area contributed by atoms with Crippen molar-refractivity contribution in [1.82, 2.24) is 5.32 Å². The van der Waals surface area contributed by atoms with Gasteiger partial charge >= 0.3 is 5.97 Å². The van der Waals surface area contributed by atoms with E-state index in [1.54, 1.807) is 6.07 Å². The molecule has 0 heterocycles. The zero-order valence-electron chi connectivity index (χ0n) is 9.75. The van der Waals surface area contributed by atoms with Crippen LogP contribution >= 0.6 is 67.8 Å². The Hall–Kier alpha value is 0.310. The summed E-state index contributed by atoms with van der Waals surface area (Å²) >= 11 is 6.37. The Morgan fingerprint density at radius 1 is 1.37 bits per heavy atom. The standard InChI is InChI=1S/C11H10I3NO4/c1-19-11(18)8(16)4-15-10(17)6-2-5(12)3-7(13)9(6)14/h2-3,8,16H,4H2,1H3,(H,15,17). The van der Waals surface area contributed by atoms with Crippen LogP contribution in [0.4, 0.5) is 0 Å². The van der Waals surface area contributed by atoms with Crippen molar-refractivity contribution in [3.05, 3.63) is 28.4 Å². The molecule has 104 valence electrons. The summed E-state index contributed by atoms with van der Waals surface area (Å²) in [4.78, 5) is 23.0. The van der Waals surface area contributed by atoms with E-state index in [9.17, 15) is 14.7 Å². The number of esters is 1. The number of carbonyl (C=O) groups excluding carboxylic acids is 2. The summed E-state index contributed by atoms with van der Waals surface area (Å²) in [6.07, 6.45) is -1.35. The molecular formula is C11H10I3NO4. The second-order valence-corrected chi connectivity index (χ2v) is 6.98. The van der Waals surface area contributed by atoms with E-state index in [1.807, 2.05) is 6.07 Å². The minimum Gasteiger partial charge on any atom is -0.467 e. The molecule has 8 heteroatoms. The van der Waals surface area contributed by atoms with Crippen molar-refractivity contribution in [3.8, 4) is 0 Å². The highest BCUT2D eigenvalue weighted by atomic mass is 127. The molecule has 0 aromatic heterocycles. The quantitative estimate of drug-likeness (QED) is 0.314. The van der Waals surface area contributed by atoms with Gasteiger partial charge in [0.05, 0.1) is 19.2 Å². The van der Waals surface area contributed by atoms with Gasteiger partial charge in [-0.05, 0) is 79.9 Å². The maximum Gasteiger partial charge on any atom is 0.336 e. The van der Waals surface area contributed by atoms with Crippen molar-refractivity contribution in [1.29, 1.82) is 0 Å². The van der Waals surface area contributed by atoms with E-state index in [1.165, 1.54) is 7.11 Å². The summed E-state index contributed by atoms with van der Waals surface area (Å²) in [5.41, 5.74) is 0.522. The molecule has 0 saturated carbocycles. The molecule has 0 spiro atoms. The fourth-order valence-corrected chi connectivity index (χ4v) is 3.63. The number of aliphatic hydroxyl groups is 1. The molecule has 1 aromatic rings. The van der Waals surface area contributed by atoms with Crippen LogP contribution in [-0.2, 0) is 9.53 Å². The van der Waals surface area contributed by atoms with Gasteiger partial charge in [-0.3, -0.25) is 4.79 Å². The normalized spacial score (nSPS) is 11.8. The Labute approximate surface area is 151 Å². The van der Waals surface area contributed by atoms with Crippen molar-refractivity contribution in [2.24, 2.45) is 0 Å². The second-order valence-electron chi connectivity index (χ2n) is 3.50. The Bertz CT molecular complexity index is 507. The van der Waals surface area contributed by atoms with Gasteiger partial charge in [0.1, 0.15) is 0 Å². The molecule has 0 aliphatic heterocycles. The first-order valence-corrected chi connectivity index (χ1v) is 8.29. The number of amides is 1. The summed E-state index contributed by atoms with van der Waals surface area (Å²) in [5.74, 6) is -1.10. The fourth-order valence-electron chi connectivity index (χ4n) is 1.23. The summed E-state index contributed by atoms with van der Waals surface area (Å²) < 4.78 is 7.13. The number of rotatable bonds is 4.